The molecule has 0 aliphatic rings. The first-order chi connectivity index (χ1) is 12.1. The van der Waals surface area contributed by atoms with E-state index in [9.17, 15) is 9.18 Å². The molecule has 0 atom stereocenters. The summed E-state index contributed by atoms with van der Waals surface area (Å²) >= 11 is 6.90. The fourth-order valence-corrected chi connectivity index (χ4v) is 2.80. The third kappa shape index (κ3) is 4.80. The summed E-state index contributed by atoms with van der Waals surface area (Å²) in [6, 6.07) is 13.1. The normalized spacial score (nSPS) is 10.6. The van der Waals surface area contributed by atoms with Crippen molar-refractivity contribution in [2.75, 3.05) is 11.1 Å². The molecule has 0 bridgehead atoms. The van der Waals surface area contributed by atoms with E-state index in [1.54, 1.807) is 18.2 Å². The molecule has 0 saturated heterocycles. The number of carbonyl (C=O) groups excluding carboxylic acids is 1. The van der Waals surface area contributed by atoms with E-state index < -0.39 is 5.82 Å². The minimum Gasteiger partial charge on any atom is -0.414 e. The Labute approximate surface area is 152 Å². The van der Waals surface area contributed by atoms with Gasteiger partial charge in [-0.3, -0.25) is 4.79 Å². The molecule has 1 heterocycles. The molecular formula is C17H13ClFN3O2S. The van der Waals surface area contributed by atoms with Crippen molar-refractivity contribution in [3.05, 3.63) is 70.8 Å². The summed E-state index contributed by atoms with van der Waals surface area (Å²) in [7, 11) is 0. The van der Waals surface area contributed by atoms with Gasteiger partial charge in [0.25, 0.3) is 5.22 Å². The molecule has 0 spiro atoms. The van der Waals surface area contributed by atoms with Crippen LogP contribution in [-0.2, 0) is 6.54 Å². The van der Waals surface area contributed by atoms with Crippen LogP contribution in [0.2, 0.25) is 5.02 Å². The molecule has 0 aliphatic carbocycles. The second-order valence-corrected chi connectivity index (χ2v) is 6.38. The minimum atomic E-state index is -0.536. The Hall–Kier alpha value is -2.38. The van der Waals surface area contributed by atoms with E-state index in [0.29, 0.717) is 17.5 Å². The van der Waals surface area contributed by atoms with Crippen LogP contribution >= 0.6 is 23.4 Å². The molecule has 1 N–H and O–H groups in total. The van der Waals surface area contributed by atoms with Gasteiger partial charge in [-0.15, -0.1) is 10.2 Å². The maximum Gasteiger partial charge on any atom is 0.277 e. The predicted molar refractivity (Wildman–Crippen MR) is 94.5 cm³/mol. The van der Waals surface area contributed by atoms with Gasteiger partial charge in [0.2, 0.25) is 5.89 Å². The Morgan fingerprint density at radius 2 is 1.92 bits per heavy atom. The lowest BCUT2D eigenvalue weighted by molar-refractivity contribution is 0.101. The van der Waals surface area contributed by atoms with Gasteiger partial charge in [0.15, 0.2) is 5.78 Å². The van der Waals surface area contributed by atoms with Gasteiger partial charge < -0.3 is 9.73 Å². The number of anilines is 1. The van der Waals surface area contributed by atoms with Crippen LogP contribution in [0.5, 0.6) is 0 Å². The number of hydrogen-bond donors (Lipinski definition) is 1. The molecule has 0 saturated carbocycles. The topological polar surface area (TPSA) is 68.0 Å². The Kier molecular flexibility index (Phi) is 5.67. The fourth-order valence-electron chi connectivity index (χ4n) is 2.01. The van der Waals surface area contributed by atoms with Crippen molar-refractivity contribution in [1.29, 1.82) is 0 Å². The van der Waals surface area contributed by atoms with Crippen LogP contribution in [0.25, 0.3) is 0 Å². The van der Waals surface area contributed by atoms with Crippen molar-refractivity contribution in [3.63, 3.8) is 0 Å². The maximum atomic E-state index is 13.6. The molecule has 0 fully saturated rings. The number of halogens is 2. The molecule has 25 heavy (non-hydrogen) atoms. The first-order valence-electron chi connectivity index (χ1n) is 7.34. The highest BCUT2D eigenvalue weighted by atomic mass is 35.5. The summed E-state index contributed by atoms with van der Waals surface area (Å²) in [6.45, 7) is 0.344. The second kappa shape index (κ2) is 8.13. The zero-order valence-corrected chi connectivity index (χ0v) is 14.5. The summed E-state index contributed by atoms with van der Waals surface area (Å²) in [6.07, 6.45) is 0. The highest BCUT2D eigenvalue weighted by Crippen LogP contribution is 2.20. The monoisotopic (exact) mass is 377 g/mol. The van der Waals surface area contributed by atoms with E-state index in [0.717, 1.165) is 17.4 Å². The molecule has 3 aromatic rings. The van der Waals surface area contributed by atoms with Crippen LogP contribution < -0.4 is 5.32 Å². The van der Waals surface area contributed by atoms with E-state index in [2.05, 4.69) is 15.5 Å². The van der Waals surface area contributed by atoms with Crippen molar-refractivity contribution >= 4 is 34.8 Å². The lowest BCUT2D eigenvalue weighted by Crippen LogP contribution is -2.04. The van der Waals surface area contributed by atoms with Crippen LogP contribution in [-0.4, -0.2) is 21.7 Å². The molecule has 0 aliphatic heterocycles. The fraction of sp³-hybridized carbons (Fsp3) is 0.118. The molecule has 8 heteroatoms. The van der Waals surface area contributed by atoms with Crippen LogP contribution in [0.1, 0.15) is 16.2 Å². The van der Waals surface area contributed by atoms with Gasteiger partial charge in [0, 0.05) is 10.7 Å². The number of aromatic nitrogens is 2. The first-order valence-corrected chi connectivity index (χ1v) is 8.70. The molecule has 0 amide bonds. The van der Waals surface area contributed by atoms with Gasteiger partial charge in [0.1, 0.15) is 5.82 Å². The van der Waals surface area contributed by atoms with Crippen LogP contribution in [0.4, 0.5) is 10.1 Å². The van der Waals surface area contributed by atoms with E-state index in [4.69, 9.17) is 16.0 Å². The van der Waals surface area contributed by atoms with Gasteiger partial charge >= 0.3 is 0 Å². The number of Topliss-reactive ketones (excluding diaryl/α,β-unsaturated/α-hetero) is 1. The lowest BCUT2D eigenvalue weighted by atomic mass is 10.1. The van der Waals surface area contributed by atoms with Crippen molar-refractivity contribution in [2.45, 2.75) is 11.8 Å². The number of nitrogens with one attached hydrogen (secondary N) is 1. The quantitative estimate of drug-likeness (QED) is 0.484. The zero-order valence-electron chi connectivity index (χ0n) is 12.9. The summed E-state index contributed by atoms with van der Waals surface area (Å²) in [5.41, 5.74) is 0.922. The second-order valence-electron chi connectivity index (χ2n) is 5.01. The number of benzene rings is 2. The first kappa shape index (κ1) is 17.4. The molecule has 1 aromatic heterocycles. The van der Waals surface area contributed by atoms with Crippen molar-refractivity contribution in [3.8, 4) is 0 Å². The zero-order chi connectivity index (χ0) is 17.6. The van der Waals surface area contributed by atoms with Gasteiger partial charge in [-0.2, -0.15) is 0 Å². The number of ketones is 1. The molecule has 128 valence electrons. The number of thioether (sulfide) groups is 1. The van der Waals surface area contributed by atoms with Crippen LogP contribution in [0, 0.1) is 5.82 Å². The molecule has 0 radical (unpaired) electrons. The average Bonchev–Trinajstić information content (AvgIpc) is 3.07. The van der Waals surface area contributed by atoms with Crippen LogP contribution in [0.15, 0.2) is 58.2 Å². The van der Waals surface area contributed by atoms with Gasteiger partial charge in [-0.1, -0.05) is 35.5 Å². The molecular weight excluding hydrogens is 365 g/mol. The number of nitrogens with zero attached hydrogens (tertiary/aromatic N) is 2. The Morgan fingerprint density at radius 3 is 2.68 bits per heavy atom. The van der Waals surface area contributed by atoms with Gasteiger partial charge in [0.05, 0.1) is 17.9 Å². The SMILES string of the molecule is O=C(CSc1nnc(CNc2ccc(Cl)cc2)o1)c1ccccc1F. The number of carbonyl (C=O) groups is 1. The number of rotatable bonds is 7. The van der Waals surface area contributed by atoms with Crippen LogP contribution in [0.3, 0.4) is 0 Å². The summed E-state index contributed by atoms with van der Waals surface area (Å²) < 4.78 is 19.0. The number of hydrogen-bond acceptors (Lipinski definition) is 6. The lowest BCUT2D eigenvalue weighted by Gasteiger charge is -2.02. The average molecular weight is 378 g/mol. The van der Waals surface area contributed by atoms with E-state index in [1.165, 1.54) is 18.2 Å². The minimum absolute atomic E-state index is 0.0210. The van der Waals surface area contributed by atoms with E-state index in [1.807, 2.05) is 12.1 Å². The predicted octanol–water partition coefficient (Wildman–Crippen LogP) is 4.45. The molecule has 2 aromatic carbocycles. The van der Waals surface area contributed by atoms with Crippen molar-refractivity contribution in [1.82, 2.24) is 10.2 Å². The third-order valence-electron chi connectivity index (χ3n) is 3.24. The smallest absolute Gasteiger partial charge is 0.277 e. The van der Waals surface area contributed by atoms with Gasteiger partial charge in [-0.25, -0.2) is 4.39 Å². The highest BCUT2D eigenvalue weighted by Gasteiger charge is 2.14. The van der Waals surface area contributed by atoms with Crippen molar-refractivity contribution < 1.29 is 13.6 Å². The van der Waals surface area contributed by atoms with E-state index in [-0.39, 0.29) is 22.3 Å². The Morgan fingerprint density at radius 1 is 1.16 bits per heavy atom. The summed E-state index contributed by atoms with van der Waals surface area (Å²) in [4.78, 5) is 12.0. The Balaban J connectivity index is 1.52. The Bertz CT molecular complexity index is 870. The third-order valence-corrected chi connectivity index (χ3v) is 4.31. The summed E-state index contributed by atoms with van der Waals surface area (Å²) in [5, 5.41) is 11.8. The molecule has 0 unspecified atom stereocenters. The largest absolute Gasteiger partial charge is 0.414 e. The molecule has 5 nitrogen and oxygen atoms in total. The summed E-state index contributed by atoms with van der Waals surface area (Å²) in [5.74, 6) is -0.461. The maximum absolute atomic E-state index is 13.6. The molecule has 3 rings (SSSR count). The van der Waals surface area contributed by atoms with Gasteiger partial charge in [-0.05, 0) is 36.4 Å². The van der Waals surface area contributed by atoms with Crippen molar-refractivity contribution in [2.24, 2.45) is 0 Å². The van der Waals surface area contributed by atoms with E-state index >= 15 is 0 Å². The highest BCUT2D eigenvalue weighted by molar-refractivity contribution is 7.99. The standard InChI is InChI=1S/C17H13ClFN3O2S/c18-11-5-7-12(8-6-11)20-9-16-21-22-17(24-16)25-10-15(23)13-3-1-2-4-14(13)19/h1-8,20H,9-10H2.